The van der Waals surface area contributed by atoms with E-state index in [-0.39, 0.29) is 35.5 Å². The minimum atomic E-state index is -0.887. The number of phenolic OH excluding ortho intramolecular Hbond substituents is 1. The van der Waals surface area contributed by atoms with Crippen LogP contribution in [0.15, 0.2) is 36.4 Å². The van der Waals surface area contributed by atoms with Crippen molar-refractivity contribution in [1.82, 2.24) is 4.90 Å². The molecule has 38 heavy (non-hydrogen) atoms. The third-order valence-electron chi connectivity index (χ3n) is 8.58. The van der Waals surface area contributed by atoms with Crippen molar-refractivity contribution in [2.24, 2.45) is 11.3 Å². The van der Waals surface area contributed by atoms with Crippen LogP contribution < -0.4 is 14.2 Å². The van der Waals surface area contributed by atoms with Gasteiger partial charge in [-0.25, -0.2) is 0 Å². The fourth-order valence-electron chi connectivity index (χ4n) is 6.28. The number of aromatic hydroxyl groups is 1. The first-order chi connectivity index (χ1) is 18.2. The van der Waals surface area contributed by atoms with E-state index in [0.717, 1.165) is 24.8 Å². The van der Waals surface area contributed by atoms with Crippen LogP contribution in [0.25, 0.3) is 0 Å². The van der Waals surface area contributed by atoms with Gasteiger partial charge in [-0.05, 0) is 56.2 Å². The lowest BCUT2D eigenvalue weighted by molar-refractivity contribution is -0.181. The lowest BCUT2D eigenvalue weighted by atomic mass is 9.63. The average molecular weight is 526 g/mol. The highest BCUT2D eigenvalue weighted by Crippen LogP contribution is 2.58. The number of amides is 1. The molecule has 0 radical (unpaired) electrons. The summed E-state index contributed by atoms with van der Waals surface area (Å²) in [5, 5.41) is 19.9. The molecular formula is C29H35NO8. The number of carboxylic acid groups (broad SMARTS) is 1. The number of hydrogen-bond donors (Lipinski definition) is 2. The predicted molar refractivity (Wildman–Crippen MR) is 138 cm³/mol. The van der Waals surface area contributed by atoms with E-state index in [1.807, 2.05) is 17.9 Å². The number of carboxylic acids is 1. The van der Waals surface area contributed by atoms with Crippen LogP contribution in [0.2, 0.25) is 0 Å². The molecule has 9 nitrogen and oxygen atoms in total. The molecule has 3 aliphatic rings. The minimum Gasteiger partial charge on any atom is -0.504 e. The van der Waals surface area contributed by atoms with E-state index in [1.54, 1.807) is 44.6 Å². The second kappa shape index (κ2) is 10.0. The minimum absolute atomic E-state index is 0.0346. The maximum Gasteiger partial charge on any atom is 0.303 e. The summed E-state index contributed by atoms with van der Waals surface area (Å²) < 4.78 is 23.6. The number of rotatable bonds is 6. The molecule has 2 fully saturated rings. The number of phenols is 1. The largest absolute Gasteiger partial charge is 0.504 e. The van der Waals surface area contributed by atoms with E-state index in [2.05, 4.69) is 0 Å². The van der Waals surface area contributed by atoms with Crippen molar-refractivity contribution >= 4 is 11.9 Å². The van der Waals surface area contributed by atoms with Crippen molar-refractivity contribution < 1.29 is 38.7 Å². The topological polar surface area (TPSA) is 115 Å². The molecule has 0 aromatic heterocycles. The zero-order chi connectivity index (χ0) is 27.1. The molecule has 2 N–H and O–H groups in total. The summed E-state index contributed by atoms with van der Waals surface area (Å²) in [4.78, 5) is 26.7. The van der Waals surface area contributed by atoms with Crippen molar-refractivity contribution in [3.05, 3.63) is 47.5 Å². The fourth-order valence-corrected chi connectivity index (χ4v) is 6.28. The Kier molecular flexibility index (Phi) is 6.90. The number of likely N-dealkylation sites (tertiary alicyclic amines) is 1. The molecule has 9 heteroatoms. The molecule has 2 saturated heterocycles. The number of carbonyl (C=O) groups is 2. The normalized spacial score (nSPS) is 25.6. The predicted octanol–water partition coefficient (Wildman–Crippen LogP) is 4.43. The zero-order valence-electron chi connectivity index (χ0n) is 22.1. The monoisotopic (exact) mass is 525 g/mol. The van der Waals surface area contributed by atoms with Gasteiger partial charge in [0.25, 0.3) is 5.91 Å². The van der Waals surface area contributed by atoms with Crippen LogP contribution in [0.1, 0.15) is 61.1 Å². The highest BCUT2D eigenvalue weighted by Gasteiger charge is 2.55. The van der Waals surface area contributed by atoms with Crippen LogP contribution >= 0.6 is 0 Å². The number of ether oxygens (including phenoxy) is 4. The Labute approximate surface area is 222 Å². The van der Waals surface area contributed by atoms with Crippen LogP contribution in [-0.4, -0.2) is 66.5 Å². The number of piperidine rings is 1. The first-order valence-corrected chi connectivity index (χ1v) is 13.0. The van der Waals surface area contributed by atoms with E-state index >= 15 is 0 Å². The number of fused-ring (bicyclic) bond motifs is 3. The van der Waals surface area contributed by atoms with Crippen LogP contribution in [0, 0.1) is 11.3 Å². The van der Waals surface area contributed by atoms with E-state index in [0.29, 0.717) is 48.9 Å². The smallest absolute Gasteiger partial charge is 0.303 e. The lowest BCUT2D eigenvalue weighted by Gasteiger charge is -2.55. The van der Waals surface area contributed by atoms with Crippen LogP contribution in [0.5, 0.6) is 23.0 Å². The van der Waals surface area contributed by atoms with Crippen LogP contribution in [0.4, 0.5) is 0 Å². The second-order valence-corrected chi connectivity index (χ2v) is 10.9. The first-order valence-electron chi connectivity index (χ1n) is 13.0. The summed E-state index contributed by atoms with van der Waals surface area (Å²) in [6.45, 7) is 3.64. The van der Waals surface area contributed by atoms with Gasteiger partial charge in [0, 0.05) is 42.6 Å². The molecular weight excluding hydrogens is 490 g/mol. The summed E-state index contributed by atoms with van der Waals surface area (Å²) in [6.07, 6.45) is 2.30. The van der Waals surface area contributed by atoms with E-state index < -0.39 is 11.6 Å². The quantitative estimate of drug-likeness (QED) is 0.570. The maximum absolute atomic E-state index is 13.3. The molecule has 5 rings (SSSR count). The SMILES string of the molecule is COc1cc(OC)cc(C(=O)N2CCC3(CC2)CO[C@H]2c4cccc(O)c4O[C@@](C)(CCC(=O)O)[C@@H]2C3)c1. The Hall–Kier alpha value is -3.46. The lowest BCUT2D eigenvalue weighted by Crippen LogP contribution is -2.55. The summed E-state index contributed by atoms with van der Waals surface area (Å²) in [5.74, 6) is 0.508. The Morgan fingerprint density at radius 1 is 1.11 bits per heavy atom. The number of hydrogen-bond acceptors (Lipinski definition) is 7. The van der Waals surface area contributed by atoms with Gasteiger partial charge in [0.2, 0.25) is 0 Å². The standard InChI is InChI=1S/C29H35NO8/c1-28(8-7-24(32)33)22-16-29(17-37-25(22)21-5-4-6-23(31)26(21)38-28)9-11-30(12-10-29)27(34)18-13-19(35-2)15-20(14-18)36-3/h4-6,13-15,22,25,31H,7-12,16-17H2,1-3H3,(H,32,33)/t22-,25+,28+/m1/s1. The Morgan fingerprint density at radius 2 is 1.79 bits per heavy atom. The van der Waals surface area contributed by atoms with Crippen LogP contribution in [-0.2, 0) is 9.53 Å². The molecule has 0 unspecified atom stereocenters. The highest BCUT2D eigenvalue weighted by molar-refractivity contribution is 5.95. The first kappa shape index (κ1) is 26.2. The van der Waals surface area contributed by atoms with Crippen LogP contribution in [0.3, 0.4) is 0 Å². The second-order valence-electron chi connectivity index (χ2n) is 10.9. The number of benzene rings is 2. The molecule has 204 valence electrons. The summed E-state index contributed by atoms with van der Waals surface area (Å²) >= 11 is 0. The van der Waals surface area contributed by atoms with E-state index in [4.69, 9.17) is 18.9 Å². The number of carbonyl (C=O) groups excluding carboxylic acids is 1. The van der Waals surface area contributed by atoms with Gasteiger partial charge in [-0.2, -0.15) is 0 Å². The Bertz CT molecular complexity index is 1200. The number of para-hydroxylation sites is 1. The van der Waals surface area contributed by atoms with Crippen molar-refractivity contribution in [2.75, 3.05) is 33.9 Å². The van der Waals surface area contributed by atoms with Gasteiger partial charge < -0.3 is 34.1 Å². The summed E-state index contributed by atoms with van der Waals surface area (Å²) in [6, 6.07) is 10.5. The molecule has 1 spiro atoms. The van der Waals surface area contributed by atoms with Gasteiger partial charge in [-0.15, -0.1) is 0 Å². The van der Waals surface area contributed by atoms with Gasteiger partial charge in [0.1, 0.15) is 17.1 Å². The Balaban J connectivity index is 1.35. The molecule has 0 aliphatic carbocycles. The fraction of sp³-hybridized carbons (Fsp3) is 0.517. The average Bonchev–Trinajstić information content (AvgIpc) is 2.92. The van der Waals surface area contributed by atoms with Gasteiger partial charge in [0.05, 0.1) is 26.9 Å². The zero-order valence-corrected chi connectivity index (χ0v) is 22.1. The third kappa shape index (κ3) is 4.75. The molecule has 3 atom stereocenters. The van der Waals surface area contributed by atoms with Crippen molar-refractivity contribution in [2.45, 2.75) is 50.7 Å². The summed E-state index contributed by atoms with van der Waals surface area (Å²) in [5.41, 5.74) is 0.367. The molecule has 2 aromatic rings. The van der Waals surface area contributed by atoms with Gasteiger partial charge in [-0.1, -0.05) is 12.1 Å². The molecule has 3 aliphatic heterocycles. The maximum atomic E-state index is 13.3. The third-order valence-corrected chi connectivity index (χ3v) is 8.58. The van der Waals surface area contributed by atoms with Crippen molar-refractivity contribution in [1.29, 1.82) is 0 Å². The van der Waals surface area contributed by atoms with Crippen molar-refractivity contribution in [3.8, 4) is 23.0 Å². The number of nitrogens with zero attached hydrogens (tertiary/aromatic N) is 1. The Morgan fingerprint density at radius 3 is 2.42 bits per heavy atom. The van der Waals surface area contributed by atoms with Crippen molar-refractivity contribution in [3.63, 3.8) is 0 Å². The molecule has 1 amide bonds. The van der Waals surface area contributed by atoms with Gasteiger partial charge in [0.15, 0.2) is 11.5 Å². The van der Waals surface area contributed by atoms with Gasteiger partial charge >= 0.3 is 5.97 Å². The molecule has 3 heterocycles. The van der Waals surface area contributed by atoms with E-state index in [1.165, 1.54) is 0 Å². The highest BCUT2D eigenvalue weighted by atomic mass is 16.5. The number of aliphatic carboxylic acids is 1. The van der Waals surface area contributed by atoms with E-state index in [9.17, 15) is 19.8 Å². The summed E-state index contributed by atoms with van der Waals surface area (Å²) in [7, 11) is 3.12. The number of methoxy groups -OCH3 is 2. The molecule has 2 aromatic carbocycles. The molecule has 0 bridgehead atoms. The molecule has 0 saturated carbocycles. The van der Waals surface area contributed by atoms with Gasteiger partial charge in [-0.3, -0.25) is 9.59 Å².